The quantitative estimate of drug-likeness (QED) is 0.684. The summed E-state index contributed by atoms with van der Waals surface area (Å²) < 4.78 is 7.16. The first-order valence-corrected chi connectivity index (χ1v) is 5.86. The number of hydrogen-bond acceptors (Lipinski definition) is 1. The van der Waals surface area contributed by atoms with Crippen LogP contribution in [-0.4, -0.2) is 5.60 Å². The first kappa shape index (κ1) is 8.78. The van der Waals surface area contributed by atoms with E-state index < -0.39 is 0 Å². The first-order chi connectivity index (χ1) is 6.58. The number of benzene rings is 1. The van der Waals surface area contributed by atoms with E-state index in [1.165, 1.54) is 12.0 Å². The smallest absolute Gasteiger partial charge is 0.123 e. The van der Waals surface area contributed by atoms with E-state index >= 15 is 0 Å². The van der Waals surface area contributed by atoms with Crippen molar-refractivity contribution in [3.8, 4) is 5.75 Å². The first-order valence-electron chi connectivity index (χ1n) is 5.06. The highest BCUT2D eigenvalue weighted by atomic mass is 79.9. The van der Waals surface area contributed by atoms with E-state index in [1.54, 1.807) is 0 Å². The third-order valence-electron chi connectivity index (χ3n) is 3.43. The van der Waals surface area contributed by atoms with Crippen LogP contribution in [0.5, 0.6) is 5.75 Å². The van der Waals surface area contributed by atoms with Crippen molar-refractivity contribution in [1.82, 2.24) is 0 Å². The van der Waals surface area contributed by atoms with Crippen molar-refractivity contribution >= 4 is 15.9 Å². The van der Waals surface area contributed by atoms with E-state index in [-0.39, 0.29) is 5.60 Å². The van der Waals surface area contributed by atoms with Crippen LogP contribution in [0.1, 0.15) is 31.7 Å². The van der Waals surface area contributed by atoms with Crippen LogP contribution in [0.2, 0.25) is 0 Å². The molecule has 1 fully saturated rings. The van der Waals surface area contributed by atoms with Crippen LogP contribution in [0.4, 0.5) is 0 Å². The average Bonchev–Trinajstić information content (AvgIpc) is 2.86. The van der Waals surface area contributed by atoms with Crippen molar-refractivity contribution in [1.29, 1.82) is 0 Å². The summed E-state index contributed by atoms with van der Waals surface area (Å²) in [7, 11) is 0. The van der Waals surface area contributed by atoms with Gasteiger partial charge in [0.05, 0.1) is 0 Å². The molecule has 1 aliphatic carbocycles. The zero-order valence-electron chi connectivity index (χ0n) is 8.38. The molecule has 1 nitrogen and oxygen atoms in total. The summed E-state index contributed by atoms with van der Waals surface area (Å²) >= 11 is 3.51. The summed E-state index contributed by atoms with van der Waals surface area (Å²) in [6, 6.07) is 6.34. The molecule has 14 heavy (non-hydrogen) atoms. The Bertz CT molecular complexity index is 397. The maximum Gasteiger partial charge on any atom is 0.123 e. The van der Waals surface area contributed by atoms with Crippen molar-refractivity contribution in [3.05, 3.63) is 28.2 Å². The highest BCUT2D eigenvalue weighted by Gasteiger charge is 2.54. The van der Waals surface area contributed by atoms with Crippen LogP contribution in [0.25, 0.3) is 0 Å². The Kier molecular flexibility index (Phi) is 1.59. The van der Waals surface area contributed by atoms with Gasteiger partial charge in [0.2, 0.25) is 0 Å². The minimum atomic E-state index is 0.0332. The lowest BCUT2D eigenvalue weighted by atomic mass is 9.94. The lowest BCUT2D eigenvalue weighted by Crippen LogP contribution is -2.34. The average molecular weight is 253 g/mol. The van der Waals surface area contributed by atoms with Gasteiger partial charge in [-0.05, 0) is 49.9 Å². The molecule has 2 heteroatoms. The van der Waals surface area contributed by atoms with Gasteiger partial charge in [-0.3, -0.25) is 0 Å². The van der Waals surface area contributed by atoms with Gasteiger partial charge in [0.1, 0.15) is 11.4 Å². The fraction of sp³-hybridized carbons (Fsp3) is 0.500. The van der Waals surface area contributed by atoms with Crippen LogP contribution >= 0.6 is 15.9 Å². The molecule has 1 aliphatic heterocycles. The zero-order valence-corrected chi connectivity index (χ0v) is 9.97. The second-order valence-corrected chi connectivity index (χ2v) is 5.75. The van der Waals surface area contributed by atoms with Crippen LogP contribution in [0.3, 0.4) is 0 Å². The van der Waals surface area contributed by atoms with Gasteiger partial charge in [0, 0.05) is 10.4 Å². The van der Waals surface area contributed by atoms with Crippen molar-refractivity contribution in [3.63, 3.8) is 0 Å². The van der Waals surface area contributed by atoms with Crippen LogP contribution in [-0.2, 0) is 0 Å². The molecule has 1 aromatic carbocycles. The van der Waals surface area contributed by atoms with E-state index in [2.05, 4.69) is 48.0 Å². The van der Waals surface area contributed by atoms with Gasteiger partial charge in [-0.15, -0.1) is 0 Å². The monoisotopic (exact) mass is 252 g/mol. The second kappa shape index (κ2) is 2.54. The summed E-state index contributed by atoms with van der Waals surface area (Å²) in [4.78, 5) is 0. The molecule has 2 aliphatic rings. The van der Waals surface area contributed by atoms with Crippen LogP contribution in [0.15, 0.2) is 22.7 Å². The fourth-order valence-corrected chi connectivity index (χ4v) is 2.95. The number of fused-ring (bicyclic) bond motifs is 3. The maximum atomic E-state index is 6.01. The SMILES string of the molecule is CC1(C)Oc2ccc(Br)cc2C2CC21. The predicted octanol–water partition coefficient (Wildman–Crippen LogP) is 3.72. The molecule has 1 heterocycles. The minimum absolute atomic E-state index is 0.0332. The van der Waals surface area contributed by atoms with Crippen LogP contribution in [0, 0.1) is 5.92 Å². The summed E-state index contributed by atoms with van der Waals surface area (Å²) in [5, 5.41) is 0. The molecule has 1 aromatic rings. The summed E-state index contributed by atoms with van der Waals surface area (Å²) in [6.45, 7) is 4.39. The molecule has 0 aromatic heterocycles. The molecule has 2 unspecified atom stereocenters. The van der Waals surface area contributed by atoms with Gasteiger partial charge in [-0.25, -0.2) is 0 Å². The molecular weight excluding hydrogens is 240 g/mol. The molecule has 2 atom stereocenters. The van der Waals surface area contributed by atoms with E-state index in [1.807, 2.05) is 0 Å². The molecule has 0 spiro atoms. The molecule has 3 rings (SSSR count). The maximum absolute atomic E-state index is 6.01. The molecule has 1 saturated carbocycles. The highest BCUT2D eigenvalue weighted by Crippen LogP contribution is 2.60. The Morgan fingerprint density at radius 3 is 3.00 bits per heavy atom. The Balaban J connectivity index is 2.11. The number of rotatable bonds is 0. The third kappa shape index (κ3) is 1.13. The van der Waals surface area contributed by atoms with E-state index in [0.29, 0.717) is 0 Å². The Labute approximate surface area is 92.6 Å². The van der Waals surface area contributed by atoms with E-state index in [9.17, 15) is 0 Å². The van der Waals surface area contributed by atoms with Gasteiger partial charge in [-0.2, -0.15) is 0 Å². The molecule has 0 bridgehead atoms. The van der Waals surface area contributed by atoms with Gasteiger partial charge in [0.15, 0.2) is 0 Å². The Hall–Kier alpha value is -0.500. The van der Waals surface area contributed by atoms with Gasteiger partial charge in [0.25, 0.3) is 0 Å². The van der Waals surface area contributed by atoms with Crippen molar-refractivity contribution in [2.45, 2.75) is 31.8 Å². The van der Waals surface area contributed by atoms with Gasteiger partial charge in [-0.1, -0.05) is 15.9 Å². The Morgan fingerprint density at radius 1 is 1.43 bits per heavy atom. The largest absolute Gasteiger partial charge is 0.487 e. The molecule has 0 saturated heterocycles. The molecule has 0 radical (unpaired) electrons. The molecule has 0 N–H and O–H groups in total. The fourth-order valence-electron chi connectivity index (χ4n) is 2.57. The van der Waals surface area contributed by atoms with Gasteiger partial charge < -0.3 is 4.74 Å². The van der Waals surface area contributed by atoms with Crippen molar-refractivity contribution < 1.29 is 4.74 Å². The lowest BCUT2D eigenvalue weighted by Gasteiger charge is -2.32. The Morgan fingerprint density at radius 2 is 2.21 bits per heavy atom. The number of ether oxygens (including phenoxy) is 1. The molecule has 0 amide bonds. The molecular formula is C12H13BrO. The second-order valence-electron chi connectivity index (χ2n) is 4.84. The summed E-state index contributed by atoms with van der Waals surface area (Å²) in [5.41, 5.74) is 1.43. The number of halogens is 1. The third-order valence-corrected chi connectivity index (χ3v) is 3.92. The topological polar surface area (TPSA) is 9.23 Å². The normalized spacial score (nSPS) is 31.4. The standard InChI is InChI=1S/C12H13BrO/c1-12(2)10-6-8(10)9-5-7(13)3-4-11(9)14-12/h3-5,8,10H,6H2,1-2H3. The van der Waals surface area contributed by atoms with Crippen molar-refractivity contribution in [2.24, 2.45) is 5.92 Å². The van der Waals surface area contributed by atoms with E-state index in [0.717, 1.165) is 22.1 Å². The lowest BCUT2D eigenvalue weighted by molar-refractivity contribution is 0.0713. The van der Waals surface area contributed by atoms with E-state index in [4.69, 9.17) is 4.74 Å². The summed E-state index contributed by atoms with van der Waals surface area (Å²) in [5.74, 6) is 2.55. The highest BCUT2D eigenvalue weighted by molar-refractivity contribution is 9.10. The van der Waals surface area contributed by atoms with Crippen LogP contribution < -0.4 is 4.74 Å². The van der Waals surface area contributed by atoms with Gasteiger partial charge >= 0.3 is 0 Å². The summed E-state index contributed by atoms with van der Waals surface area (Å²) in [6.07, 6.45) is 1.29. The number of hydrogen-bond donors (Lipinski definition) is 0. The predicted molar refractivity (Wildman–Crippen MR) is 59.7 cm³/mol. The van der Waals surface area contributed by atoms with Crippen molar-refractivity contribution in [2.75, 3.05) is 0 Å². The minimum Gasteiger partial charge on any atom is -0.487 e. The zero-order chi connectivity index (χ0) is 9.92. The molecule has 74 valence electrons.